The van der Waals surface area contributed by atoms with Gasteiger partial charge in [0, 0.05) is 12.6 Å². The zero-order valence-corrected chi connectivity index (χ0v) is 8.71. The molecule has 1 fully saturated rings. The van der Waals surface area contributed by atoms with Gasteiger partial charge in [0.2, 0.25) is 0 Å². The summed E-state index contributed by atoms with van der Waals surface area (Å²) in [5, 5.41) is 0. The summed E-state index contributed by atoms with van der Waals surface area (Å²) in [6.45, 7) is 1.02. The van der Waals surface area contributed by atoms with Gasteiger partial charge in [-0.3, -0.25) is 0 Å². The lowest BCUT2D eigenvalue weighted by molar-refractivity contribution is 0.300. The number of halogens is 1. The molecule has 15 heavy (non-hydrogen) atoms. The molecule has 1 aliphatic rings. The van der Waals surface area contributed by atoms with Gasteiger partial charge in [-0.2, -0.15) is 0 Å². The largest absolute Gasteiger partial charge is 0.493 e. The molecule has 0 heterocycles. The quantitative estimate of drug-likeness (QED) is 0.808. The van der Waals surface area contributed by atoms with Crippen LogP contribution in [-0.4, -0.2) is 6.61 Å². The molecule has 0 amide bonds. The first kappa shape index (κ1) is 10.4. The van der Waals surface area contributed by atoms with E-state index in [9.17, 15) is 4.39 Å². The molecule has 82 valence electrons. The molecule has 0 aliphatic heterocycles. The van der Waals surface area contributed by atoms with Gasteiger partial charge in [-0.25, -0.2) is 4.39 Å². The fraction of sp³-hybridized carbons (Fsp3) is 0.500. The van der Waals surface area contributed by atoms with Crippen LogP contribution in [0.4, 0.5) is 4.39 Å². The number of ether oxygens (including phenoxy) is 1. The first-order valence-corrected chi connectivity index (χ1v) is 5.40. The predicted octanol–water partition coefficient (Wildman–Crippen LogP) is 2.46. The maximum absolute atomic E-state index is 13.1. The van der Waals surface area contributed by atoms with Crippen molar-refractivity contribution in [1.29, 1.82) is 0 Å². The number of hydrogen-bond acceptors (Lipinski definition) is 2. The van der Waals surface area contributed by atoms with Gasteiger partial charge in [0.1, 0.15) is 11.6 Å². The first-order valence-electron chi connectivity index (χ1n) is 5.40. The molecular formula is C12H16FNO. The highest BCUT2D eigenvalue weighted by molar-refractivity contribution is 5.29. The Morgan fingerprint density at radius 3 is 2.80 bits per heavy atom. The Morgan fingerprint density at radius 1 is 1.33 bits per heavy atom. The first-order chi connectivity index (χ1) is 7.28. The average molecular weight is 209 g/mol. The number of benzene rings is 1. The van der Waals surface area contributed by atoms with Crippen LogP contribution in [0.15, 0.2) is 18.2 Å². The van der Waals surface area contributed by atoms with E-state index in [0.717, 1.165) is 17.9 Å². The fourth-order valence-electron chi connectivity index (χ4n) is 1.57. The third kappa shape index (κ3) is 3.20. The van der Waals surface area contributed by atoms with Gasteiger partial charge in [-0.15, -0.1) is 0 Å². The summed E-state index contributed by atoms with van der Waals surface area (Å²) in [6, 6.07) is 4.65. The summed E-state index contributed by atoms with van der Waals surface area (Å²) in [7, 11) is 0. The summed E-state index contributed by atoms with van der Waals surface area (Å²) < 4.78 is 18.6. The van der Waals surface area contributed by atoms with Crippen LogP contribution in [0.3, 0.4) is 0 Å². The Balaban J connectivity index is 1.90. The standard InChI is InChI=1S/C12H16FNO/c13-11-5-10(8-14)6-12(7-11)15-4-3-9-1-2-9/h5-7,9H,1-4,8,14H2. The lowest BCUT2D eigenvalue weighted by atomic mass is 10.2. The summed E-state index contributed by atoms with van der Waals surface area (Å²) in [5.74, 6) is 1.16. The van der Waals surface area contributed by atoms with E-state index < -0.39 is 0 Å². The summed E-state index contributed by atoms with van der Waals surface area (Å²) in [6.07, 6.45) is 3.72. The Hall–Kier alpha value is -1.09. The van der Waals surface area contributed by atoms with Crippen molar-refractivity contribution >= 4 is 0 Å². The molecule has 0 spiro atoms. The van der Waals surface area contributed by atoms with Crippen molar-refractivity contribution in [1.82, 2.24) is 0 Å². The van der Waals surface area contributed by atoms with Crippen LogP contribution < -0.4 is 10.5 Å². The summed E-state index contributed by atoms with van der Waals surface area (Å²) in [5.41, 5.74) is 6.23. The van der Waals surface area contributed by atoms with Crippen LogP contribution in [0.2, 0.25) is 0 Å². The highest BCUT2D eigenvalue weighted by Crippen LogP contribution is 2.32. The zero-order valence-electron chi connectivity index (χ0n) is 8.71. The van der Waals surface area contributed by atoms with Crippen LogP contribution in [0.25, 0.3) is 0 Å². The Labute approximate surface area is 89.2 Å². The van der Waals surface area contributed by atoms with E-state index in [0.29, 0.717) is 18.9 Å². The molecule has 2 rings (SSSR count). The molecule has 1 aromatic rings. The molecular weight excluding hydrogens is 193 g/mol. The van der Waals surface area contributed by atoms with E-state index in [1.807, 2.05) is 0 Å². The molecule has 1 aliphatic carbocycles. The minimum atomic E-state index is -0.278. The highest BCUT2D eigenvalue weighted by Gasteiger charge is 2.20. The Bertz CT molecular complexity index is 336. The monoisotopic (exact) mass is 209 g/mol. The number of rotatable bonds is 5. The van der Waals surface area contributed by atoms with E-state index in [4.69, 9.17) is 10.5 Å². The van der Waals surface area contributed by atoms with E-state index in [1.54, 1.807) is 6.07 Å². The lowest BCUT2D eigenvalue weighted by Gasteiger charge is -2.07. The third-order valence-electron chi connectivity index (χ3n) is 2.66. The van der Waals surface area contributed by atoms with E-state index in [1.165, 1.54) is 25.0 Å². The minimum Gasteiger partial charge on any atom is -0.493 e. The lowest BCUT2D eigenvalue weighted by Crippen LogP contribution is -2.01. The smallest absolute Gasteiger partial charge is 0.127 e. The van der Waals surface area contributed by atoms with Crippen molar-refractivity contribution < 1.29 is 9.13 Å². The third-order valence-corrected chi connectivity index (χ3v) is 2.66. The topological polar surface area (TPSA) is 35.2 Å². The second kappa shape index (κ2) is 4.62. The van der Waals surface area contributed by atoms with E-state index >= 15 is 0 Å². The molecule has 1 saturated carbocycles. The predicted molar refractivity (Wildman–Crippen MR) is 57.1 cm³/mol. The van der Waals surface area contributed by atoms with Gasteiger partial charge in [0.25, 0.3) is 0 Å². The summed E-state index contributed by atoms with van der Waals surface area (Å²) in [4.78, 5) is 0. The van der Waals surface area contributed by atoms with Crippen LogP contribution >= 0.6 is 0 Å². The Morgan fingerprint density at radius 2 is 2.13 bits per heavy atom. The molecule has 0 unspecified atom stereocenters. The minimum absolute atomic E-state index is 0.278. The fourth-order valence-corrected chi connectivity index (χ4v) is 1.57. The molecule has 2 nitrogen and oxygen atoms in total. The van der Waals surface area contributed by atoms with Gasteiger partial charge < -0.3 is 10.5 Å². The van der Waals surface area contributed by atoms with Gasteiger partial charge in [0.05, 0.1) is 6.61 Å². The second-order valence-electron chi connectivity index (χ2n) is 4.08. The number of hydrogen-bond donors (Lipinski definition) is 1. The van der Waals surface area contributed by atoms with Gasteiger partial charge >= 0.3 is 0 Å². The maximum Gasteiger partial charge on any atom is 0.127 e. The molecule has 0 saturated heterocycles. The van der Waals surface area contributed by atoms with Crippen molar-refractivity contribution in [3.8, 4) is 5.75 Å². The molecule has 1 aromatic carbocycles. The van der Waals surface area contributed by atoms with Crippen molar-refractivity contribution in [3.05, 3.63) is 29.6 Å². The molecule has 3 heteroatoms. The van der Waals surface area contributed by atoms with E-state index in [2.05, 4.69) is 0 Å². The van der Waals surface area contributed by atoms with Crippen LogP contribution in [0, 0.1) is 11.7 Å². The molecule has 2 N–H and O–H groups in total. The van der Waals surface area contributed by atoms with E-state index in [-0.39, 0.29) is 5.82 Å². The molecule has 0 radical (unpaired) electrons. The zero-order chi connectivity index (χ0) is 10.7. The van der Waals surface area contributed by atoms with Crippen LogP contribution in [-0.2, 0) is 6.54 Å². The Kier molecular flexibility index (Phi) is 3.21. The molecule has 0 aromatic heterocycles. The van der Waals surface area contributed by atoms with Crippen molar-refractivity contribution in [2.24, 2.45) is 11.7 Å². The normalized spacial score (nSPS) is 15.3. The molecule has 0 bridgehead atoms. The van der Waals surface area contributed by atoms with Gasteiger partial charge in [0.15, 0.2) is 0 Å². The SMILES string of the molecule is NCc1cc(F)cc(OCCC2CC2)c1. The maximum atomic E-state index is 13.1. The van der Waals surface area contributed by atoms with Crippen molar-refractivity contribution in [3.63, 3.8) is 0 Å². The van der Waals surface area contributed by atoms with Crippen molar-refractivity contribution in [2.75, 3.05) is 6.61 Å². The second-order valence-corrected chi connectivity index (χ2v) is 4.08. The van der Waals surface area contributed by atoms with Gasteiger partial charge in [-0.05, 0) is 30.0 Å². The summed E-state index contributed by atoms with van der Waals surface area (Å²) >= 11 is 0. The highest BCUT2D eigenvalue weighted by atomic mass is 19.1. The van der Waals surface area contributed by atoms with Crippen LogP contribution in [0.5, 0.6) is 5.75 Å². The van der Waals surface area contributed by atoms with Gasteiger partial charge in [-0.1, -0.05) is 12.8 Å². The average Bonchev–Trinajstić information content (AvgIpc) is 3.01. The number of nitrogens with two attached hydrogens (primary N) is 1. The van der Waals surface area contributed by atoms with Crippen molar-refractivity contribution in [2.45, 2.75) is 25.8 Å². The molecule has 0 atom stereocenters. The van der Waals surface area contributed by atoms with Crippen LogP contribution in [0.1, 0.15) is 24.8 Å².